The largest absolute Gasteiger partial charge is 0.388 e. The average molecular weight is 223 g/mol. The smallest absolute Gasteiger partial charge is 0.209 e. The highest BCUT2D eigenvalue weighted by Crippen LogP contribution is 2.24. The molecular weight excluding hydrogens is 209 g/mol. The lowest BCUT2D eigenvalue weighted by atomic mass is 9.94. The molecule has 1 fully saturated rings. The predicted octanol–water partition coefficient (Wildman–Crippen LogP) is 0.961. The molecule has 0 aromatic heterocycles. The van der Waals surface area contributed by atoms with Crippen molar-refractivity contribution in [3.05, 3.63) is 35.6 Å². The molecule has 1 unspecified atom stereocenters. The molecule has 0 saturated carbocycles. The van der Waals surface area contributed by atoms with Gasteiger partial charge in [0, 0.05) is 19.5 Å². The lowest BCUT2D eigenvalue weighted by Crippen LogP contribution is -2.35. The van der Waals surface area contributed by atoms with Crippen LogP contribution in [0.15, 0.2) is 24.3 Å². The summed E-state index contributed by atoms with van der Waals surface area (Å²) in [5.74, 6) is -0.281. The molecule has 86 valence electrons. The Labute approximate surface area is 93.5 Å². The number of nitrogens with zero attached hydrogens (tertiary/aromatic N) is 1. The summed E-state index contributed by atoms with van der Waals surface area (Å²) in [4.78, 5) is 12.1. The first kappa shape index (κ1) is 11.1. The van der Waals surface area contributed by atoms with E-state index in [1.54, 1.807) is 17.0 Å². The van der Waals surface area contributed by atoms with E-state index in [0.717, 1.165) is 12.0 Å². The van der Waals surface area contributed by atoms with Crippen LogP contribution < -0.4 is 0 Å². The number of hydrogen-bond acceptors (Lipinski definition) is 2. The van der Waals surface area contributed by atoms with Crippen LogP contribution in [-0.4, -0.2) is 35.1 Å². The summed E-state index contributed by atoms with van der Waals surface area (Å²) in [6.07, 6.45) is 1.78. The fraction of sp³-hybridized carbons (Fsp3) is 0.417. The molecule has 1 amide bonds. The van der Waals surface area contributed by atoms with Crippen LogP contribution in [0.3, 0.4) is 0 Å². The van der Waals surface area contributed by atoms with Gasteiger partial charge in [0.15, 0.2) is 0 Å². The zero-order valence-electron chi connectivity index (χ0n) is 8.90. The summed E-state index contributed by atoms with van der Waals surface area (Å²) < 4.78 is 12.7. The number of aliphatic hydroxyl groups is 1. The summed E-state index contributed by atoms with van der Waals surface area (Å²) >= 11 is 0. The van der Waals surface area contributed by atoms with Gasteiger partial charge in [0.2, 0.25) is 6.41 Å². The van der Waals surface area contributed by atoms with Gasteiger partial charge in [-0.2, -0.15) is 0 Å². The molecule has 1 heterocycles. The van der Waals surface area contributed by atoms with Crippen molar-refractivity contribution in [2.75, 3.05) is 13.1 Å². The van der Waals surface area contributed by atoms with Gasteiger partial charge >= 0.3 is 0 Å². The third-order valence-electron chi connectivity index (χ3n) is 2.96. The molecule has 2 rings (SSSR count). The maximum absolute atomic E-state index is 12.7. The molecule has 16 heavy (non-hydrogen) atoms. The van der Waals surface area contributed by atoms with Crippen molar-refractivity contribution in [1.29, 1.82) is 0 Å². The minimum absolute atomic E-state index is 0.281. The van der Waals surface area contributed by atoms with E-state index in [1.807, 2.05) is 0 Å². The standard InChI is InChI=1S/C12H14FNO2/c13-11-3-1-10(2-4-11)7-12(16)5-6-14(8-12)9-15/h1-4,9,16H,5-8H2. The molecule has 0 radical (unpaired) electrons. The quantitative estimate of drug-likeness (QED) is 0.775. The Morgan fingerprint density at radius 3 is 2.69 bits per heavy atom. The van der Waals surface area contributed by atoms with Crippen LogP contribution >= 0.6 is 0 Å². The molecule has 1 aliphatic rings. The molecule has 1 atom stereocenters. The number of halogens is 1. The van der Waals surface area contributed by atoms with E-state index in [-0.39, 0.29) is 5.82 Å². The normalized spacial score (nSPS) is 24.8. The second-order valence-electron chi connectivity index (χ2n) is 4.35. The third-order valence-corrected chi connectivity index (χ3v) is 2.96. The number of hydrogen-bond donors (Lipinski definition) is 1. The Bertz CT molecular complexity index is 379. The Kier molecular flexibility index (Phi) is 2.92. The fourth-order valence-electron chi connectivity index (χ4n) is 2.10. The van der Waals surface area contributed by atoms with Crippen molar-refractivity contribution in [1.82, 2.24) is 4.90 Å². The van der Waals surface area contributed by atoms with Crippen LogP contribution in [0.4, 0.5) is 4.39 Å². The molecule has 0 bridgehead atoms. The highest BCUT2D eigenvalue weighted by molar-refractivity contribution is 5.48. The van der Waals surface area contributed by atoms with Gasteiger partial charge in [-0.15, -0.1) is 0 Å². The van der Waals surface area contributed by atoms with E-state index < -0.39 is 5.60 Å². The predicted molar refractivity (Wildman–Crippen MR) is 57.3 cm³/mol. The topological polar surface area (TPSA) is 40.5 Å². The first-order valence-electron chi connectivity index (χ1n) is 5.27. The number of β-amino-alcohol motifs (C(OH)–C–C–N with tert-alkyl or cyclic N) is 1. The summed E-state index contributed by atoms with van der Waals surface area (Å²) in [6.45, 7) is 0.940. The fourth-order valence-corrected chi connectivity index (χ4v) is 2.10. The summed E-state index contributed by atoms with van der Waals surface area (Å²) in [6, 6.07) is 6.09. The minimum Gasteiger partial charge on any atom is -0.388 e. The number of rotatable bonds is 3. The second-order valence-corrected chi connectivity index (χ2v) is 4.35. The van der Waals surface area contributed by atoms with Crippen molar-refractivity contribution in [2.45, 2.75) is 18.4 Å². The number of carbonyl (C=O) groups is 1. The summed E-state index contributed by atoms with van der Waals surface area (Å²) in [5, 5.41) is 10.2. The van der Waals surface area contributed by atoms with Gasteiger partial charge in [-0.25, -0.2) is 4.39 Å². The van der Waals surface area contributed by atoms with Crippen LogP contribution in [0.1, 0.15) is 12.0 Å². The average Bonchev–Trinajstić information content (AvgIpc) is 2.64. The Balaban J connectivity index is 2.04. The molecule has 1 aliphatic heterocycles. The molecule has 1 saturated heterocycles. The maximum atomic E-state index is 12.7. The van der Waals surface area contributed by atoms with Crippen LogP contribution in [0.5, 0.6) is 0 Å². The van der Waals surface area contributed by atoms with Crippen molar-refractivity contribution in [3.8, 4) is 0 Å². The molecule has 0 aliphatic carbocycles. The van der Waals surface area contributed by atoms with E-state index in [2.05, 4.69) is 0 Å². The van der Waals surface area contributed by atoms with E-state index in [4.69, 9.17) is 0 Å². The first-order valence-corrected chi connectivity index (χ1v) is 5.27. The van der Waals surface area contributed by atoms with Gasteiger partial charge in [-0.1, -0.05) is 12.1 Å². The molecule has 1 aromatic rings. The number of benzene rings is 1. The molecule has 4 heteroatoms. The van der Waals surface area contributed by atoms with E-state index in [9.17, 15) is 14.3 Å². The minimum atomic E-state index is -0.862. The lowest BCUT2D eigenvalue weighted by Gasteiger charge is -2.22. The van der Waals surface area contributed by atoms with Gasteiger partial charge in [-0.3, -0.25) is 4.79 Å². The Morgan fingerprint density at radius 2 is 2.12 bits per heavy atom. The van der Waals surface area contributed by atoms with Gasteiger partial charge in [0.05, 0.1) is 5.60 Å². The first-order chi connectivity index (χ1) is 7.61. The van der Waals surface area contributed by atoms with E-state index >= 15 is 0 Å². The van der Waals surface area contributed by atoms with E-state index in [0.29, 0.717) is 25.9 Å². The number of carbonyl (C=O) groups excluding carboxylic acids is 1. The molecule has 3 nitrogen and oxygen atoms in total. The van der Waals surface area contributed by atoms with Gasteiger partial charge < -0.3 is 10.0 Å². The van der Waals surface area contributed by atoms with Crippen LogP contribution in [0.25, 0.3) is 0 Å². The molecule has 0 spiro atoms. The summed E-state index contributed by atoms with van der Waals surface area (Å²) in [5.41, 5.74) is 0.0234. The maximum Gasteiger partial charge on any atom is 0.209 e. The van der Waals surface area contributed by atoms with Crippen LogP contribution in [0.2, 0.25) is 0 Å². The van der Waals surface area contributed by atoms with Crippen molar-refractivity contribution < 1.29 is 14.3 Å². The highest BCUT2D eigenvalue weighted by Gasteiger charge is 2.35. The van der Waals surface area contributed by atoms with Crippen LogP contribution in [-0.2, 0) is 11.2 Å². The Hall–Kier alpha value is -1.42. The van der Waals surface area contributed by atoms with E-state index in [1.165, 1.54) is 12.1 Å². The van der Waals surface area contributed by atoms with Crippen molar-refractivity contribution in [2.24, 2.45) is 0 Å². The monoisotopic (exact) mass is 223 g/mol. The van der Waals surface area contributed by atoms with Gasteiger partial charge in [0.25, 0.3) is 0 Å². The zero-order chi connectivity index (χ0) is 11.6. The third kappa shape index (κ3) is 2.39. The highest BCUT2D eigenvalue weighted by atomic mass is 19.1. The van der Waals surface area contributed by atoms with Crippen LogP contribution in [0, 0.1) is 5.82 Å². The number of amides is 1. The van der Waals surface area contributed by atoms with Crippen molar-refractivity contribution in [3.63, 3.8) is 0 Å². The van der Waals surface area contributed by atoms with Gasteiger partial charge in [-0.05, 0) is 24.1 Å². The SMILES string of the molecule is O=CN1CCC(O)(Cc2ccc(F)cc2)C1. The Morgan fingerprint density at radius 1 is 1.44 bits per heavy atom. The summed E-state index contributed by atoms with van der Waals surface area (Å²) in [7, 11) is 0. The van der Waals surface area contributed by atoms with Gasteiger partial charge in [0.1, 0.15) is 5.82 Å². The molecule has 1 N–H and O–H groups in total. The van der Waals surface area contributed by atoms with Crippen molar-refractivity contribution >= 4 is 6.41 Å². The molecular formula is C12H14FNO2. The lowest BCUT2D eigenvalue weighted by molar-refractivity contribution is -0.118. The zero-order valence-corrected chi connectivity index (χ0v) is 8.90. The number of likely N-dealkylation sites (tertiary alicyclic amines) is 1. The second kappa shape index (κ2) is 4.22. The molecule has 1 aromatic carbocycles.